The molecule has 3 rings (SSSR count). The van der Waals surface area contributed by atoms with Crippen molar-refractivity contribution in [2.24, 2.45) is 5.73 Å². The summed E-state index contributed by atoms with van der Waals surface area (Å²) in [6.07, 6.45) is -0.689. The Morgan fingerprint density at radius 1 is 1.17 bits per heavy atom. The van der Waals surface area contributed by atoms with Crippen molar-refractivity contribution in [3.8, 4) is 5.75 Å². The van der Waals surface area contributed by atoms with Gasteiger partial charge >= 0.3 is 0 Å². The molecule has 2 aromatic carbocycles. The van der Waals surface area contributed by atoms with Gasteiger partial charge in [0.1, 0.15) is 17.3 Å². The topological polar surface area (TPSA) is 105 Å². The van der Waals surface area contributed by atoms with Crippen LogP contribution in [-0.2, 0) is 10.5 Å². The fraction of sp³-hybridized carbons (Fsp3) is 0.333. The average molecular weight is 415 g/mol. The quantitative estimate of drug-likeness (QED) is 0.550. The molecule has 3 atom stereocenters. The van der Waals surface area contributed by atoms with E-state index in [-0.39, 0.29) is 17.3 Å². The molecule has 0 aliphatic carbocycles. The Morgan fingerprint density at radius 2 is 1.86 bits per heavy atom. The van der Waals surface area contributed by atoms with Crippen molar-refractivity contribution in [1.82, 2.24) is 16.0 Å². The number of thioether (sulfide) groups is 1. The van der Waals surface area contributed by atoms with E-state index in [2.05, 4.69) is 40.2 Å². The van der Waals surface area contributed by atoms with Crippen molar-refractivity contribution in [2.75, 3.05) is 6.61 Å². The number of benzene rings is 2. The van der Waals surface area contributed by atoms with Crippen LogP contribution < -0.4 is 26.4 Å². The molecule has 0 saturated carbocycles. The van der Waals surface area contributed by atoms with Crippen molar-refractivity contribution in [1.29, 1.82) is 0 Å². The summed E-state index contributed by atoms with van der Waals surface area (Å²) in [7, 11) is 0. The highest BCUT2D eigenvalue weighted by atomic mass is 32.2. The number of nitrogens with two attached hydrogens (primary N) is 1. The molecule has 8 heteroatoms. The van der Waals surface area contributed by atoms with Gasteiger partial charge in [-0.1, -0.05) is 29.8 Å². The number of ether oxygens (including phenoxy) is 1. The summed E-state index contributed by atoms with van der Waals surface area (Å²) in [5, 5.41) is 8.69. The molecule has 1 aliphatic heterocycles. The monoisotopic (exact) mass is 414 g/mol. The molecule has 1 heterocycles. The van der Waals surface area contributed by atoms with E-state index in [1.165, 1.54) is 17.3 Å². The molecule has 1 aliphatic rings. The molecule has 29 heavy (non-hydrogen) atoms. The molecule has 2 amide bonds. The van der Waals surface area contributed by atoms with Gasteiger partial charge < -0.3 is 21.1 Å². The van der Waals surface area contributed by atoms with E-state index >= 15 is 0 Å². The zero-order chi connectivity index (χ0) is 20.8. The average Bonchev–Trinajstić information content (AvgIpc) is 2.71. The van der Waals surface area contributed by atoms with Crippen LogP contribution in [0.3, 0.4) is 0 Å². The molecule has 0 bridgehead atoms. The number of hydrogen-bond donors (Lipinski definition) is 4. The van der Waals surface area contributed by atoms with Crippen LogP contribution >= 0.6 is 11.8 Å². The SMILES string of the molecule is CCOc1ccc(C(=O)NC2C(=O)NC(SCc3ccc(C)cc3)NC2N)cc1. The van der Waals surface area contributed by atoms with Crippen molar-refractivity contribution in [2.45, 2.75) is 37.3 Å². The largest absolute Gasteiger partial charge is 0.494 e. The fourth-order valence-corrected chi connectivity index (χ4v) is 3.90. The first-order chi connectivity index (χ1) is 14.0. The Labute approximate surface area is 174 Å². The summed E-state index contributed by atoms with van der Waals surface area (Å²) in [6.45, 7) is 4.49. The Balaban J connectivity index is 1.53. The zero-order valence-electron chi connectivity index (χ0n) is 16.5. The molecule has 0 aromatic heterocycles. The Morgan fingerprint density at radius 3 is 2.48 bits per heavy atom. The lowest BCUT2D eigenvalue weighted by atomic mass is 10.1. The molecule has 0 radical (unpaired) electrons. The predicted octanol–water partition coefficient (Wildman–Crippen LogP) is 1.71. The van der Waals surface area contributed by atoms with Gasteiger partial charge in [-0.3, -0.25) is 14.9 Å². The number of amides is 2. The van der Waals surface area contributed by atoms with E-state index in [9.17, 15) is 9.59 Å². The van der Waals surface area contributed by atoms with E-state index in [1.54, 1.807) is 24.3 Å². The number of nitrogens with one attached hydrogen (secondary N) is 3. The maximum atomic E-state index is 12.5. The van der Waals surface area contributed by atoms with Gasteiger partial charge in [0.25, 0.3) is 5.91 Å². The van der Waals surface area contributed by atoms with Crippen LogP contribution in [0.15, 0.2) is 48.5 Å². The highest BCUT2D eigenvalue weighted by molar-refractivity contribution is 7.99. The fourth-order valence-electron chi connectivity index (χ4n) is 2.90. The summed E-state index contributed by atoms with van der Waals surface area (Å²) in [4.78, 5) is 25.0. The van der Waals surface area contributed by atoms with E-state index in [1.807, 2.05) is 13.8 Å². The predicted molar refractivity (Wildman–Crippen MR) is 114 cm³/mol. The van der Waals surface area contributed by atoms with E-state index in [4.69, 9.17) is 10.5 Å². The summed E-state index contributed by atoms with van der Waals surface area (Å²) < 4.78 is 5.37. The van der Waals surface area contributed by atoms with Gasteiger partial charge in [-0.05, 0) is 43.7 Å². The van der Waals surface area contributed by atoms with Crippen LogP contribution in [0.5, 0.6) is 5.75 Å². The summed E-state index contributed by atoms with van der Waals surface area (Å²) in [6, 6.07) is 14.1. The first-order valence-electron chi connectivity index (χ1n) is 9.49. The molecule has 0 spiro atoms. The minimum atomic E-state index is -0.856. The maximum absolute atomic E-state index is 12.5. The molecule has 3 unspecified atom stereocenters. The molecule has 5 N–H and O–H groups in total. The van der Waals surface area contributed by atoms with Crippen LogP contribution in [0.4, 0.5) is 0 Å². The Kier molecular flexibility index (Phi) is 7.13. The maximum Gasteiger partial charge on any atom is 0.252 e. The lowest BCUT2D eigenvalue weighted by molar-refractivity contribution is -0.125. The van der Waals surface area contributed by atoms with Gasteiger partial charge in [-0.15, -0.1) is 11.8 Å². The number of carbonyl (C=O) groups is 2. The van der Waals surface area contributed by atoms with Crippen LogP contribution in [0.1, 0.15) is 28.4 Å². The van der Waals surface area contributed by atoms with Crippen LogP contribution in [0.2, 0.25) is 0 Å². The van der Waals surface area contributed by atoms with Crippen molar-refractivity contribution in [3.63, 3.8) is 0 Å². The Bertz CT molecular complexity index is 842. The number of hydrogen-bond acceptors (Lipinski definition) is 6. The van der Waals surface area contributed by atoms with E-state index in [0.717, 1.165) is 11.3 Å². The Hall–Kier alpha value is -2.55. The second-order valence-electron chi connectivity index (χ2n) is 6.79. The van der Waals surface area contributed by atoms with Gasteiger partial charge in [0.15, 0.2) is 0 Å². The van der Waals surface area contributed by atoms with Crippen molar-refractivity contribution < 1.29 is 14.3 Å². The normalized spacial score (nSPS) is 21.3. The highest BCUT2D eigenvalue weighted by Crippen LogP contribution is 2.18. The third-order valence-corrected chi connectivity index (χ3v) is 5.60. The molecule has 1 saturated heterocycles. The van der Waals surface area contributed by atoms with Crippen molar-refractivity contribution >= 4 is 23.6 Å². The molecular weight excluding hydrogens is 388 g/mol. The summed E-state index contributed by atoms with van der Waals surface area (Å²) in [5.74, 6) is 0.744. The first-order valence-corrected chi connectivity index (χ1v) is 10.5. The second-order valence-corrected chi connectivity index (χ2v) is 7.88. The summed E-state index contributed by atoms with van der Waals surface area (Å²) in [5.41, 5.74) is 8.60. The van der Waals surface area contributed by atoms with Crippen LogP contribution in [-0.4, -0.2) is 36.1 Å². The van der Waals surface area contributed by atoms with Crippen molar-refractivity contribution in [3.05, 3.63) is 65.2 Å². The van der Waals surface area contributed by atoms with Gasteiger partial charge in [-0.25, -0.2) is 0 Å². The lowest BCUT2D eigenvalue weighted by Gasteiger charge is -2.35. The number of aryl methyl sites for hydroxylation is 1. The summed E-state index contributed by atoms with van der Waals surface area (Å²) >= 11 is 1.54. The highest BCUT2D eigenvalue weighted by Gasteiger charge is 2.35. The first kappa shape index (κ1) is 21.2. The zero-order valence-corrected chi connectivity index (χ0v) is 17.3. The smallest absolute Gasteiger partial charge is 0.252 e. The standard InChI is InChI=1S/C21H26N4O3S/c1-3-28-16-10-8-15(9-11-16)19(26)23-17-18(22)24-21(25-20(17)27)29-12-14-6-4-13(2)5-7-14/h4-11,17-18,21,24H,3,12,22H2,1-2H3,(H,23,26)(H,25,27). The van der Waals surface area contributed by atoms with Gasteiger partial charge in [-0.2, -0.15) is 0 Å². The molecule has 2 aromatic rings. The van der Waals surface area contributed by atoms with Gasteiger partial charge in [0.2, 0.25) is 5.91 Å². The third-order valence-electron chi connectivity index (χ3n) is 4.51. The molecule has 154 valence electrons. The molecule has 7 nitrogen and oxygen atoms in total. The van der Waals surface area contributed by atoms with Gasteiger partial charge in [0, 0.05) is 11.3 Å². The van der Waals surface area contributed by atoms with Gasteiger partial charge in [0.05, 0.1) is 12.8 Å². The number of carbonyl (C=O) groups excluding carboxylic acids is 2. The number of rotatable bonds is 7. The lowest BCUT2D eigenvalue weighted by Crippen LogP contribution is -2.70. The van der Waals surface area contributed by atoms with E-state index < -0.39 is 12.2 Å². The van der Waals surface area contributed by atoms with Crippen LogP contribution in [0.25, 0.3) is 0 Å². The van der Waals surface area contributed by atoms with E-state index in [0.29, 0.717) is 17.9 Å². The van der Waals surface area contributed by atoms with Crippen LogP contribution in [0, 0.1) is 6.92 Å². The second kappa shape index (κ2) is 9.78. The molecular formula is C21H26N4O3S. The minimum Gasteiger partial charge on any atom is -0.494 e. The molecule has 1 fully saturated rings. The third kappa shape index (κ3) is 5.72. The minimum absolute atomic E-state index is 0.308.